The van der Waals surface area contributed by atoms with Crippen LogP contribution in [0.3, 0.4) is 0 Å². The molecule has 10 heteroatoms. The summed E-state index contributed by atoms with van der Waals surface area (Å²) >= 11 is 1.68. The molecule has 0 unspecified atom stereocenters. The van der Waals surface area contributed by atoms with Crippen molar-refractivity contribution in [3.8, 4) is 0 Å². The van der Waals surface area contributed by atoms with Crippen LogP contribution >= 0.6 is 11.3 Å². The largest absolute Gasteiger partial charge is 0.367 e. The second kappa shape index (κ2) is 14.7. The van der Waals surface area contributed by atoms with Crippen LogP contribution < -0.4 is 26.6 Å². The van der Waals surface area contributed by atoms with Gasteiger partial charge < -0.3 is 26.6 Å². The Labute approximate surface area is 230 Å². The van der Waals surface area contributed by atoms with Crippen molar-refractivity contribution >= 4 is 34.0 Å². The molecule has 1 saturated heterocycles. The molecule has 3 heterocycles. The topological polar surface area (TPSA) is 112 Å². The van der Waals surface area contributed by atoms with E-state index in [0.717, 1.165) is 91.2 Å². The highest BCUT2D eigenvalue weighted by molar-refractivity contribution is 7.11. The Morgan fingerprint density at radius 1 is 0.842 bits per heavy atom. The summed E-state index contributed by atoms with van der Waals surface area (Å²) in [5, 5.41) is 29.7. The number of aromatic nitrogens is 4. The van der Waals surface area contributed by atoms with Gasteiger partial charge in [-0.2, -0.15) is 4.98 Å². The van der Waals surface area contributed by atoms with Crippen LogP contribution in [0, 0.1) is 0 Å². The van der Waals surface area contributed by atoms with Crippen LogP contribution in [0.5, 0.6) is 0 Å². The molecule has 1 aliphatic carbocycles. The van der Waals surface area contributed by atoms with Gasteiger partial charge in [-0.05, 0) is 83.4 Å². The Morgan fingerprint density at radius 3 is 2.55 bits per heavy atom. The van der Waals surface area contributed by atoms with Crippen LogP contribution in [0.4, 0.5) is 11.8 Å². The summed E-state index contributed by atoms with van der Waals surface area (Å²) in [6, 6.07) is 9.38. The minimum atomic E-state index is 0.431. The number of rotatable bonds is 14. The number of aryl methyl sites for hydroxylation is 1. The third-order valence-electron chi connectivity index (χ3n) is 7.50. The van der Waals surface area contributed by atoms with Gasteiger partial charge in [0.1, 0.15) is 15.8 Å². The van der Waals surface area contributed by atoms with Gasteiger partial charge >= 0.3 is 0 Å². The summed E-state index contributed by atoms with van der Waals surface area (Å²) in [4.78, 5) is 9.56. The summed E-state index contributed by atoms with van der Waals surface area (Å²) in [6.45, 7) is 5.88. The average Bonchev–Trinajstić information content (AvgIpc) is 3.42. The van der Waals surface area contributed by atoms with Crippen molar-refractivity contribution in [3.05, 3.63) is 34.3 Å². The fourth-order valence-electron chi connectivity index (χ4n) is 5.36. The van der Waals surface area contributed by atoms with Gasteiger partial charge in [0.15, 0.2) is 0 Å². The normalized spacial score (nSPS) is 17.2. The van der Waals surface area contributed by atoms with Crippen molar-refractivity contribution < 1.29 is 0 Å². The van der Waals surface area contributed by atoms with E-state index in [2.05, 4.69) is 42.8 Å². The number of nitrogens with one attached hydrogen (secondary N) is 5. The highest BCUT2D eigenvalue weighted by atomic mass is 32.1. The van der Waals surface area contributed by atoms with Gasteiger partial charge in [-0.3, -0.25) is 0 Å². The van der Waals surface area contributed by atoms with Crippen LogP contribution in [0.1, 0.15) is 67.8 Å². The molecule has 5 N–H and O–H groups in total. The number of benzene rings is 1. The van der Waals surface area contributed by atoms with Crippen LogP contribution in [-0.4, -0.2) is 65.0 Å². The molecule has 0 radical (unpaired) electrons. The molecule has 1 aliphatic heterocycles. The molecule has 0 bridgehead atoms. The van der Waals surface area contributed by atoms with Gasteiger partial charge in [-0.1, -0.05) is 42.7 Å². The zero-order valence-corrected chi connectivity index (χ0v) is 23.3. The average molecular weight is 538 g/mol. The monoisotopic (exact) mass is 537 g/mol. The predicted molar refractivity (Wildman–Crippen MR) is 157 cm³/mol. The SMILES string of the molecule is c1ccc2c(NC3CCNCC3)nc(NCc3nnc(CCCNCCCNC4CCCCC4)s3)nc2c1. The Morgan fingerprint density at radius 2 is 1.66 bits per heavy atom. The van der Waals surface area contributed by atoms with Crippen molar-refractivity contribution in [2.75, 3.05) is 43.4 Å². The lowest BCUT2D eigenvalue weighted by atomic mass is 9.95. The Kier molecular flexibility index (Phi) is 10.5. The molecule has 9 nitrogen and oxygen atoms in total. The second-order valence-electron chi connectivity index (χ2n) is 10.5. The van der Waals surface area contributed by atoms with Crippen molar-refractivity contribution in [2.45, 2.75) is 82.8 Å². The van der Waals surface area contributed by atoms with E-state index in [1.165, 1.54) is 38.5 Å². The third-order valence-corrected chi connectivity index (χ3v) is 8.49. The van der Waals surface area contributed by atoms with E-state index in [4.69, 9.17) is 9.97 Å². The van der Waals surface area contributed by atoms with E-state index in [9.17, 15) is 0 Å². The number of anilines is 2. The second-order valence-corrected chi connectivity index (χ2v) is 11.7. The molecule has 0 spiro atoms. The first kappa shape index (κ1) is 27.2. The third kappa shape index (κ3) is 8.30. The number of para-hydroxylation sites is 1. The van der Waals surface area contributed by atoms with Gasteiger partial charge in [-0.15, -0.1) is 10.2 Å². The Hall–Kier alpha value is -2.40. The Bertz CT molecular complexity index is 1110. The highest BCUT2D eigenvalue weighted by Crippen LogP contribution is 2.24. The van der Waals surface area contributed by atoms with Crippen molar-refractivity contribution in [1.82, 2.24) is 36.1 Å². The first-order valence-corrected chi connectivity index (χ1v) is 15.4. The minimum Gasteiger partial charge on any atom is -0.367 e. The molecule has 2 aromatic heterocycles. The summed E-state index contributed by atoms with van der Waals surface area (Å²) in [5.41, 5.74) is 0.941. The van der Waals surface area contributed by atoms with Crippen LogP contribution in [0.15, 0.2) is 24.3 Å². The highest BCUT2D eigenvalue weighted by Gasteiger charge is 2.16. The molecule has 2 fully saturated rings. The molecular weight excluding hydrogens is 494 g/mol. The number of fused-ring (bicyclic) bond motifs is 1. The Balaban J connectivity index is 1.03. The van der Waals surface area contributed by atoms with E-state index in [1.807, 2.05) is 18.2 Å². The van der Waals surface area contributed by atoms with E-state index in [0.29, 0.717) is 18.5 Å². The zero-order chi connectivity index (χ0) is 25.8. The number of hydrogen-bond acceptors (Lipinski definition) is 10. The molecule has 206 valence electrons. The molecule has 38 heavy (non-hydrogen) atoms. The maximum atomic E-state index is 4.82. The fourth-order valence-corrected chi connectivity index (χ4v) is 6.18. The smallest absolute Gasteiger partial charge is 0.225 e. The first-order valence-electron chi connectivity index (χ1n) is 14.6. The molecule has 5 rings (SSSR count). The maximum absolute atomic E-state index is 4.82. The van der Waals surface area contributed by atoms with Gasteiger partial charge in [0.25, 0.3) is 0 Å². The van der Waals surface area contributed by atoms with E-state index in [-0.39, 0.29) is 0 Å². The van der Waals surface area contributed by atoms with Gasteiger partial charge in [0.2, 0.25) is 5.95 Å². The van der Waals surface area contributed by atoms with E-state index in [1.54, 1.807) is 11.3 Å². The first-order chi connectivity index (χ1) is 18.8. The molecule has 3 aromatic rings. The zero-order valence-electron chi connectivity index (χ0n) is 22.5. The van der Waals surface area contributed by atoms with Crippen LogP contribution in [-0.2, 0) is 13.0 Å². The molecule has 2 aliphatic rings. The summed E-state index contributed by atoms with van der Waals surface area (Å²) in [6.07, 6.45) is 12.4. The summed E-state index contributed by atoms with van der Waals surface area (Å²) in [7, 11) is 0. The number of piperidine rings is 1. The van der Waals surface area contributed by atoms with Gasteiger partial charge in [0.05, 0.1) is 12.1 Å². The minimum absolute atomic E-state index is 0.431. The quantitative estimate of drug-likeness (QED) is 0.194. The standard InChI is InChI=1S/C28H43N9S/c1-2-8-21(9-3-1)31-17-7-16-29-15-6-12-25-36-37-26(38-25)20-32-28-34-24-11-5-4-10-23(24)27(35-28)33-22-13-18-30-19-14-22/h4-5,10-11,21-22,29-31H,1-3,6-9,12-20H2,(H2,32,33,34,35). The fraction of sp³-hybridized carbons (Fsp3) is 0.643. The number of nitrogens with zero attached hydrogens (tertiary/aromatic N) is 4. The van der Waals surface area contributed by atoms with Gasteiger partial charge in [0, 0.05) is 23.9 Å². The van der Waals surface area contributed by atoms with Crippen molar-refractivity contribution in [1.29, 1.82) is 0 Å². The van der Waals surface area contributed by atoms with Crippen LogP contribution in [0.25, 0.3) is 10.9 Å². The van der Waals surface area contributed by atoms with Crippen LogP contribution in [0.2, 0.25) is 0 Å². The lowest BCUT2D eigenvalue weighted by Gasteiger charge is -2.25. The van der Waals surface area contributed by atoms with Gasteiger partial charge in [-0.25, -0.2) is 4.98 Å². The van der Waals surface area contributed by atoms with E-state index >= 15 is 0 Å². The molecule has 0 amide bonds. The number of hydrogen-bond donors (Lipinski definition) is 5. The predicted octanol–water partition coefficient (Wildman–Crippen LogP) is 4.09. The molecular formula is C28H43N9S. The molecule has 1 aromatic carbocycles. The summed E-state index contributed by atoms with van der Waals surface area (Å²) in [5.74, 6) is 1.53. The molecule has 0 atom stereocenters. The van der Waals surface area contributed by atoms with Crippen molar-refractivity contribution in [2.24, 2.45) is 0 Å². The summed E-state index contributed by atoms with van der Waals surface area (Å²) < 4.78 is 0. The molecule has 1 saturated carbocycles. The lowest BCUT2D eigenvalue weighted by molar-refractivity contribution is 0.371. The lowest BCUT2D eigenvalue weighted by Crippen LogP contribution is -2.35. The maximum Gasteiger partial charge on any atom is 0.225 e. The van der Waals surface area contributed by atoms with E-state index < -0.39 is 0 Å². The van der Waals surface area contributed by atoms with Crippen molar-refractivity contribution in [3.63, 3.8) is 0 Å².